The van der Waals surface area contributed by atoms with Crippen LogP contribution >= 0.6 is 23.2 Å². The van der Waals surface area contributed by atoms with Crippen molar-refractivity contribution < 1.29 is 14.3 Å². The molecule has 3 nitrogen and oxygen atoms in total. The van der Waals surface area contributed by atoms with Crippen molar-refractivity contribution in [2.24, 2.45) is 5.92 Å². The van der Waals surface area contributed by atoms with Gasteiger partial charge in [-0.15, -0.1) is 0 Å². The quantitative estimate of drug-likeness (QED) is 0.693. The molecule has 1 unspecified atom stereocenters. The van der Waals surface area contributed by atoms with Crippen LogP contribution in [0.4, 0.5) is 0 Å². The maximum Gasteiger partial charge on any atom is 0.310 e. The summed E-state index contributed by atoms with van der Waals surface area (Å²) in [4.78, 5) is 11.5. The number of hydrogen-bond acceptors (Lipinski definition) is 3. The van der Waals surface area contributed by atoms with Crippen molar-refractivity contribution in [1.29, 1.82) is 0 Å². The lowest BCUT2D eigenvalue weighted by Crippen LogP contribution is -2.20. The second-order valence-corrected chi connectivity index (χ2v) is 6.11. The van der Waals surface area contributed by atoms with Gasteiger partial charge >= 0.3 is 5.97 Å². The van der Waals surface area contributed by atoms with Gasteiger partial charge in [-0.1, -0.05) is 47.5 Å². The summed E-state index contributed by atoms with van der Waals surface area (Å²) < 4.78 is 10.7. The summed E-state index contributed by atoms with van der Waals surface area (Å²) >= 11 is 11.9. The van der Waals surface area contributed by atoms with Gasteiger partial charge in [-0.3, -0.25) is 4.79 Å². The Labute approximate surface area is 146 Å². The molecule has 0 aliphatic carbocycles. The van der Waals surface area contributed by atoms with E-state index in [0.717, 1.165) is 11.1 Å². The first kappa shape index (κ1) is 17.8. The van der Waals surface area contributed by atoms with E-state index in [4.69, 9.17) is 32.7 Å². The molecule has 122 valence electrons. The lowest BCUT2D eigenvalue weighted by Gasteiger charge is -2.21. The fourth-order valence-corrected chi connectivity index (χ4v) is 2.42. The fraction of sp³-hybridized carbons (Fsp3) is 0.278. The summed E-state index contributed by atoms with van der Waals surface area (Å²) in [6.45, 7) is 2.02. The Kier molecular flexibility index (Phi) is 6.46. The Bertz CT molecular complexity index is 593. The maximum atomic E-state index is 11.5. The largest absolute Gasteiger partial charge is 0.469 e. The fourth-order valence-electron chi connectivity index (χ4n) is 2.17. The molecule has 23 heavy (non-hydrogen) atoms. The minimum Gasteiger partial charge on any atom is -0.469 e. The highest BCUT2D eigenvalue weighted by molar-refractivity contribution is 6.30. The molecule has 0 saturated carbocycles. The van der Waals surface area contributed by atoms with E-state index in [2.05, 4.69) is 0 Å². The average Bonchev–Trinajstić information content (AvgIpc) is 2.57. The predicted octanol–water partition coefficient (Wildman–Crippen LogP) is 4.91. The van der Waals surface area contributed by atoms with E-state index >= 15 is 0 Å². The van der Waals surface area contributed by atoms with Gasteiger partial charge in [-0.25, -0.2) is 0 Å². The van der Waals surface area contributed by atoms with Gasteiger partial charge in [0.15, 0.2) is 0 Å². The summed E-state index contributed by atoms with van der Waals surface area (Å²) in [6, 6.07) is 14.9. The van der Waals surface area contributed by atoms with Gasteiger partial charge in [0.1, 0.15) is 6.10 Å². The maximum absolute atomic E-state index is 11.5. The van der Waals surface area contributed by atoms with Crippen LogP contribution in [0.5, 0.6) is 0 Å². The molecule has 0 spiro atoms. The van der Waals surface area contributed by atoms with Gasteiger partial charge in [0.2, 0.25) is 0 Å². The van der Waals surface area contributed by atoms with Crippen molar-refractivity contribution in [3.8, 4) is 0 Å². The van der Waals surface area contributed by atoms with Crippen LogP contribution in [-0.4, -0.2) is 19.7 Å². The Morgan fingerprint density at radius 3 is 1.78 bits per heavy atom. The monoisotopic (exact) mass is 352 g/mol. The van der Waals surface area contributed by atoms with Crippen LogP contribution < -0.4 is 0 Å². The summed E-state index contributed by atoms with van der Waals surface area (Å²) in [5.74, 6) is -0.641. The first-order valence-corrected chi connectivity index (χ1v) is 7.97. The minimum absolute atomic E-state index is 0.253. The Morgan fingerprint density at radius 1 is 0.957 bits per heavy atom. The number of benzene rings is 2. The average molecular weight is 353 g/mol. The second kappa shape index (κ2) is 8.34. The van der Waals surface area contributed by atoms with Gasteiger partial charge in [-0.05, 0) is 42.3 Å². The van der Waals surface area contributed by atoms with Crippen molar-refractivity contribution >= 4 is 29.2 Å². The standard InChI is InChI=1S/C18H18Cl2O3/c1-12(18(21)22-2)11-23-17(13-3-7-15(19)8-4-13)14-5-9-16(20)10-6-14/h3-10,12,17H,11H2,1-2H3. The third kappa shape index (κ3) is 4.96. The number of esters is 1. The molecule has 2 aromatic rings. The third-order valence-electron chi connectivity index (χ3n) is 3.46. The summed E-state index contributed by atoms with van der Waals surface area (Å²) in [6.07, 6.45) is -0.309. The molecule has 2 aromatic carbocycles. The molecule has 2 rings (SSSR count). The van der Waals surface area contributed by atoms with E-state index in [1.807, 2.05) is 48.5 Å². The topological polar surface area (TPSA) is 35.5 Å². The van der Waals surface area contributed by atoms with Crippen LogP contribution in [0.3, 0.4) is 0 Å². The highest BCUT2D eigenvalue weighted by Gasteiger charge is 2.19. The zero-order chi connectivity index (χ0) is 16.8. The molecule has 0 aromatic heterocycles. The molecule has 0 aliphatic rings. The third-order valence-corrected chi connectivity index (χ3v) is 3.97. The molecule has 0 saturated heterocycles. The first-order valence-electron chi connectivity index (χ1n) is 7.21. The van der Waals surface area contributed by atoms with Gasteiger partial charge in [-0.2, -0.15) is 0 Å². The van der Waals surface area contributed by atoms with Crippen LogP contribution in [-0.2, 0) is 14.3 Å². The van der Waals surface area contributed by atoms with E-state index in [0.29, 0.717) is 10.0 Å². The lowest BCUT2D eigenvalue weighted by atomic mass is 10.0. The van der Waals surface area contributed by atoms with Crippen LogP contribution in [0.1, 0.15) is 24.2 Å². The molecule has 0 bridgehead atoms. The van der Waals surface area contributed by atoms with Gasteiger partial charge in [0.25, 0.3) is 0 Å². The zero-order valence-corrected chi connectivity index (χ0v) is 14.5. The van der Waals surface area contributed by atoms with E-state index in [9.17, 15) is 4.79 Å². The smallest absolute Gasteiger partial charge is 0.310 e. The van der Waals surface area contributed by atoms with E-state index in [1.54, 1.807) is 6.92 Å². The highest BCUT2D eigenvalue weighted by Crippen LogP contribution is 2.28. The molecule has 0 N–H and O–H groups in total. The summed E-state index contributed by atoms with van der Waals surface area (Å²) in [7, 11) is 1.37. The Hall–Kier alpha value is -1.55. The number of rotatable bonds is 6. The van der Waals surface area contributed by atoms with Crippen LogP contribution in [0.25, 0.3) is 0 Å². The van der Waals surface area contributed by atoms with Crippen LogP contribution in [0.2, 0.25) is 10.0 Å². The number of ether oxygens (including phenoxy) is 2. The normalized spacial score (nSPS) is 12.2. The van der Waals surface area contributed by atoms with Crippen LogP contribution in [0, 0.1) is 5.92 Å². The van der Waals surface area contributed by atoms with Crippen molar-refractivity contribution in [3.63, 3.8) is 0 Å². The highest BCUT2D eigenvalue weighted by atomic mass is 35.5. The number of carbonyl (C=O) groups is 1. The summed E-state index contributed by atoms with van der Waals surface area (Å²) in [5.41, 5.74) is 1.91. The van der Waals surface area contributed by atoms with Crippen LogP contribution in [0.15, 0.2) is 48.5 Å². The van der Waals surface area contributed by atoms with Crippen molar-refractivity contribution in [3.05, 3.63) is 69.7 Å². The minimum atomic E-state index is -0.345. The first-order chi connectivity index (χ1) is 11.0. The molecular weight excluding hydrogens is 335 g/mol. The SMILES string of the molecule is COC(=O)C(C)COC(c1ccc(Cl)cc1)c1ccc(Cl)cc1. The molecule has 0 radical (unpaired) electrons. The van der Waals surface area contributed by atoms with E-state index < -0.39 is 0 Å². The van der Waals surface area contributed by atoms with E-state index in [1.165, 1.54) is 7.11 Å². The zero-order valence-electron chi connectivity index (χ0n) is 13.0. The van der Waals surface area contributed by atoms with Crippen molar-refractivity contribution in [2.75, 3.05) is 13.7 Å². The molecule has 0 aliphatic heterocycles. The second-order valence-electron chi connectivity index (χ2n) is 5.24. The Morgan fingerprint density at radius 2 is 1.39 bits per heavy atom. The number of hydrogen-bond donors (Lipinski definition) is 0. The Balaban J connectivity index is 2.22. The number of carbonyl (C=O) groups excluding carboxylic acids is 1. The van der Waals surface area contributed by atoms with E-state index in [-0.39, 0.29) is 24.6 Å². The predicted molar refractivity (Wildman–Crippen MR) is 91.9 cm³/mol. The van der Waals surface area contributed by atoms with Gasteiger partial charge < -0.3 is 9.47 Å². The molecule has 0 heterocycles. The van der Waals surface area contributed by atoms with Crippen molar-refractivity contribution in [2.45, 2.75) is 13.0 Å². The summed E-state index contributed by atoms with van der Waals surface area (Å²) in [5, 5.41) is 1.32. The molecule has 0 fully saturated rings. The van der Waals surface area contributed by atoms with Gasteiger partial charge in [0, 0.05) is 10.0 Å². The molecule has 0 amide bonds. The van der Waals surface area contributed by atoms with Gasteiger partial charge in [0.05, 0.1) is 19.6 Å². The number of methoxy groups -OCH3 is 1. The molecule has 5 heteroatoms. The molecular formula is C18H18Cl2O3. The number of halogens is 2. The lowest BCUT2D eigenvalue weighted by molar-refractivity contribution is -0.147. The molecule has 1 atom stereocenters. The van der Waals surface area contributed by atoms with Crippen molar-refractivity contribution in [1.82, 2.24) is 0 Å².